The van der Waals surface area contributed by atoms with Crippen LogP contribution in [0.4, 0.5) is 0 Å². The number of benzene rings is 1. The first-order chi connectivity index (χ1) is 9.56. The van der Waals surface area contributed by atoms with Gasteiger partial charge in [0, 0.05) is 23.1 Å². The van der Waals surface area contributed by atoms with Crippen molar-refractivity contribution in [3.05, 3.63) is 33.8 Å². The van der Waals surface area contributed by atoms with Crippen molar-refractivity contribution in [2.75, 3.05) is 19.7 Å². The minimum absolute atomic E-state index is 0.600. The number of aliphatic hydroxyl groups is 1. The van der Waals surface area contributed by atoms with Crippen LogP contribution in [0.15, 0.2) is 28.2 Å². The molecule has 0 saturated carbocycles. The molecular formula is C16H22BrNO2. The molecule has 2 N–H and O–H groups in total. The molecule has 2 rings (SSSR count). The van der Waals surface area contributed by atoms with Crippen LogP contribution in [0.5, 0.6) is 5.75 Å². The van der Waals surface area contributed by atoms with E-state index >= 15 is 0 Å². The van der Waals surface area contributed by atoms with Crippen molar-refractivity contribution in [1.29, 1.82) is 0 Å². The van der Waals surface area contributed by atoms with E-state index in [4.69, 9.17) is 4.74 Å². The summed E-state index contributed by atoms with van der Waals surface area (Å²) in [6.45, 7) is 6.00. The van der Waals surface area contributed by atoms with Gasteiger partial charge in [-0.15, -0.1) is 0 Å². The van der Waals surface area contributed by atoms with Gasteiger partial charge in [0.15, 0.2) is 0 Å². The predicted molar refractivity (Wildman–Crippen MR) is 86.0 cm³/mol. The van der Waals surface area contributed by atoms with Gasteiger partial charge in [0.2, 0.25) is 0 Å². The summed E-state index contributed by atoms with van der Waals surface area (Å²) in [6.07, 6.45) is 3.69. The zero-order valence-corrected chi connectivity index (χ0v) is 13.7. The van der Waals surface area contributed by atoms with Crippen LogP contribution in [-0.4, -0.2) is 30.4 Å². The van der Waals surface area contributed by atoms with Gasteiger partial charge >= 0.3 is 0 Å². The van der Waals surface area contributed by atoms with Crippen molar-refractivity contribution in [3.8, 4) is 5.75 Å². The quantitative estimate of drug-likeness (QED) is 0.834. The van der Waals surface area contributed by atoms with Crippen LogP contribution in [0.2, 0.25) is 0 Å². The largest absolute Gasteiger partial charge is 0.489 e. The lowest BCUT2D eigenvalue weighted by Gasteiger charge is -2.26. The first-order valence-electron chi connectivity index (χ1n) is 7.11. The number of ether oxygens (including phenoxy) is 1. The Morgan fingerprint density at radius 3 is 2.80 bits per heavy atom. The molecule has 0 aromatic heterocycles. The lowest BCUT2D eigenvalue weighted by molar-refractivity contribution is 0.0333. The minimum Gasteiger partial charge on any atom is -0.489 e. The summed E-state index contributed by atoms with van der Waals surface area (Å²) < 4.78 is 6.79. The molecule has 3 nitrogen and oxygen atoms in total. The van der Waals surface area contributed by atoms with Gasteiger partial charge < -0.3 is 15.2 Å². The Morgan fingerprint density at radius 2 is 2.10 bits per heavy atom. The molecule has 0 spiro atoms. The van der Waals surface area contributed by atoms with Crippen LogP contribution in [0, 0.1) is 0 Å². The Bertz CT molecular complexity index is 495. The summed E-state index contributed by atoms with van der Waals surface area (Å²) in [5.74, 6) is 0.926. The molecule has 0 aliphatic carbocycles. The molecule has 20 heavy (non-hydrogen) atoms. The lowest BCUT2D eigenvalue weighted by atomic mass is 9.97. The zero-order valence-electron chi connectivity index (χ0n) is 12.1. The molecule has 0 saturated heterocycles. The second-order valence-electron chi connectivity index (χ2n) is 5.31. The number of fused-ring (bicyclic) bond motifs is 1. The number of nitrogens with one attached hydrogen (secondary N) is 1. The molecule has 1 heterocycles. The van der Waals surface area contributed by atoms with Gasteiger partial charge in [0.05, 0.1) is 5.60 Å². The first-order valence-corrected chi connectivity index (χ1v) is 7.90. The first kappa shape index (κ1) is 15.5. The van der Waals surface area contributed by atoms with Crippen LogP contribution >= 0.6 is 15.9 Å². The van der Waals surface area contributed by atoms with E-state index in [-0.39, 0.29) is 0 Å². The topological polar surface area (TPSA) is 41.5 Å². The zero-order chi connectivity index (χ0) is 14.6. The number of hydrogen-bond acceptors (Lipinski definition) is 3. The van der Waals surface area contributed by atoms with E-state index in [0.717, 1.165) is 35.2 Å². The molecular weight excluding hydrogens is 318 g/mol. The highest BCUT2D eigenvalue weighted by atomic mass is 79.9. The van der Waals surface area contributed by atoms with Gasteiger partial charge in [-0.2, -0.15) is 0 Å². The fourth-order valence-electron chi connectivity index (χ4n) is 2.25. The Morgan fingerprint density at radius 1 is 1.35 bits per heavy atom. The van der Waals surface area contributed by atoms with Crippen LogP contribution in [0.1, 0.15) is 32.3 Å². The normalized spacial score (nSPS) is 14.5. The summed E-state index contributed by atoms with van der Waals surface area (Å²) in [7, 11) is 0. The van der Waals surface area contributed by atoms with Crippen molar-refractivity contribution in [2.45, 2.75) is 32.3 Å². The second-order valence-corrected chi connectivity index (χ2v) is 6.22. The molecule has 0 fully saturated rings. The molecule has 1 aliphatic rings. The molecule has 110 valence electrons. The van der Waals surface area contributed by atoms with Gasteiger partial charge in [-0.1, -0.05) is 29.8 Å². The number of rotatable bonds is 6. The molecule has 1 aromatic carbocycles. The highest BCUT2D eigenvalue weighted by Crippen LogP contribution is 2.28. The van der Waals surface area contributed by atoms with E-state index in [1.165, 1.54) is 5.57 Å². The Balaban J connectivity index is 1.95. The summed E-state index contributed by atoms with van der Waals surface area (Å²) in [6, 6.07) is 6.02. The molecule has 0 atom stereocenters. The average Bonchev–Trinajstić information content (AvgIpc) is 2.46. The van der Waals surface area contributed by atoms with Crippen LogP contribution in [0.25, 0.3) is 6.08 Å². The third kappa shape index (κ3) is 3.84. The van der Waals surface area contributed by atoms with Crippen molar-refractivity contribution < 1.29 is 9.84 Å². The molecule has 1 aliphatic heterocycles. The van der Waals surface area contributed by atoms with Crippen molar-refractivity contribution in [2.24, 2.45) is 0 Å². The summed E-state index contributed by atoms with van der Waals surface area (Å²) in [4.78, 5) is 0. The number of hydrogen-bond donors (Lipinski definition) is 2. The standard InChI is InChI=1S/C16H22BrNO2/c1-3-16(19,4-2)11-18-9-12-7-13-8-14(17)5-6-15(13)20-10-12/h5-8,18-19H,3-4,9-11H2,1-2H3. The van der Waals surface area contributed by atoms with Gasteiger partial charge in [0.1, 0.15) is 12.4 Å². The van der Waals surface area contributed by atoms with E-state index in [9.17, 15) is 5.11 Å². The summed E-state index contributed by atoms with van der Waals surface area (Å²) in [5.41, 5.74) is 1.70. The van der Waals surface area contributed by atoms with Gasteiger partial charge in [-0.3, -0.25) is 0 Å². The molecule has 0 radical (unpaired) electrons. The molecule has 0 amide bonds. The average molecular weight is 340 g/mol. The van der Waals surface area contributed by atoms with E-state index in [0.29, 0.717) is 13.2 Å². The third-order valence-electron chi connectivity index (χ3n) is 3.87. The van der Waals surface area contributed by atoms with Gasteiger partial charge in [0.25, 0.3) is 0 Å². The van der Waals surface area contributed by atoms with Gasteiger partial charge in [-0.05, 0) is 42.7 Å². The summed E-state index contributed by atoms with van der Waals surface area (Å²) in [5, 5.41) is 13.6. The van der Waals surface area contributed by atoms with Crippen LogP contribution in [-0.2, 0) is 0 Å². The smallest absolute Gasteiger partial charge is 0.127 e. The molecule has 0 bridgehead atoms. The maximum atomic E-state index is 10.2. The van der Waals surface area contributed by atoms with E-state index in [1.54, 1.807) is 0 Å². The van der Waals surface area contributed by atoms with Crippen LogP contribution < -0.4 is 10.1 Å². The van der Waals surface area contributed by atoms with E-state index < -0.39 is 5.60 Å². The molecule has 4 heteroatoms. The fourth-order valence-corrected chi connectivity index (χ4v) is 2.63. The van der Waals surface area contributed by atoms with Crippen molar-refractivity contribution in [1.82, 2.24) is 5.32 Å². The molecule has 0 unspecified atom stereocenters. The summed E-state index contributed by atoms with van der Waals surface area (Å²) >= 11 is 3.47. The maximum absolute atomic E-state index is 10.2. The fraction of sp³-hybridized carbons (Fsp3) is 0.500. The Kier molecular flexibility index (Phi) is 5.24. The Labute approximate surface area is 129 Å². The maximum Gasteiger partial charge on any atom is 0.127 e. The number of halogens is 1. The minimum atomic E-state index is -0.600. The van der Waals surface area contributed by atoms with E-state index in [2.05, 4.69) is 33.4 Å². The highest BCUT2D eigenvalue weighted by Gasteiger charge is 2.21. The van der Waals surface area contributed by atoms with Crippen LogP contribution in [0.3, 0.4) is 0 Å². The second kappa shape index (κ2) is 6.74. The Hall–Kier alpha value is -0.840. The molecule has 1 aromatic rings. The van der Waals surface area contributed by atoms with Gasteiger partial charge in [-0.25, -0.2) is 0 Å². The SMILES string of the molecule is CCC(O)(CC)CNCC1=Cc2cc(Br)ccc2OC1. The lowest BCUT2D eigenvalue weighted by Crippen LogP contribution is -2.40. The monoisotopic (exact) mass is 339 g/mol. The highest BCUT2D eigenvalue weighted by molar-refractivity contribution is 9.10. The van der Waals surface area contributed by atoms with E-state index in [1.807, 2.05) is 26.0 Å². The third-order valence-corrected chi connectivity index (χ3v) is 4.36. The predicted octanol–water partition coefficient (Wildman–Crippen LogP) is 3.37. The van der Waals surface area contributed by atoms with Crippen molar-refractivity contribution >= 4 is 22.0 Å². The van der Waals surface area contributed by atoms with Crippen molar-refractivity contribution in [3.63, 3.8) is 0 Å².